The lowest BCUT2D eigenvalue weighted by Gasteiger charge is -2.24. The van der Waals surface area contributed by atoms with Crippen LogP contribution in [0.4, 0.5) is 0 Å². The van der Waals surface area contributed by atoms with E-state index in [1.165, 1.54) is 15.3 Å². The zero-order chi connectivity index (χ0) is 19.4. The number of sulfonamides is 1. The molecular weight excluding hydrogens is 376 g/mol. The van der Waals surface area contributed by atoms with Crippen LogP contribution in [-0.2, 0) is 15.4 Å². The number of nitrogens with one attached hydrogen (secondary N) is 1. The van der Waals surface area contributed by atoms with Gasteiger partial charge in [0.1, 0.15) is 13.2 Å². The van der Waals surface area contributed by atoms with Crippen molar-refractivity contribution in [3.8, 4) is 11.5 Å². The largest absolute Gasteiger partial charge is 0.486 e. The highest BCUT2D eigenvalue weighted by atomic mass is 32.2. The van der Waals surface area contributed by atoms with Crippen molar-refractivity contribution >= 4 is 20.9 Å². The van der Waals surface area contributed by atoms with Gasteiger partial charge in [-0.05, 0) is 36.6 Å². The summed E-state index contributed by atoms with van der Waals surface area (Å²) in [6.07, 6.45) is 3.99. The summed E-state index contributed by atoms with van der Waals surface area (Å²) in [7, 11) is -1.97. The van der Waals surface area contributed by atoms with Crippen molar-refractivity contribution in [1.82, 2.24) is 9.29 Å². The van der Waals surface area contributed by atoms with Crippen LogP contribution in [0.1, 0.15) is 18.4 Å². The second kappa shape index (κ2) is 6.25. The van der Waals surface area contributed by atoms with Gasteiger partial charge in [0.05, 0.1) is 4.90 Å². The number of fused-ring (bicyclic) bond motifs is 2. The maximum absolute atomic E-state index is 13.2. The zero-order valence-corrected chi connectivity index (χ0v) is 16.5. The molecule has 7 heteroatoms. The molecule has 3 aromatic rings. The van der Waals surface area contributed by atoms with Gasteiger partial charge in [0.25, 0.3) is 0 Å². The lowest BCUT2D eigenvalue weighted by molar-refractivity contribution is 0.171. The van der Waals surface area contributed by atoms with Gasteiger partial charge in [0, 0.05) is 42.2 Å². The first-order valence-electron chi connectivity index (χ1n) is 9.42. The molecular formula is C21H22N2O4S. The van der Waals surface area contributed by atoms with Gasteiger partial charge in [-0.25, -0.2) is 12.7 Å². The number of para-hydroxylation sites is 1. The highest BCUT2D eigenvalue weighted by molar-refractivity contribution is 7.89. The van der Waals surface area contributed by atoms with E-state index in [9.17, 15) is 8.42 Å². The maximum Gasteiger partial charge on any atom is 0.242 e. The van der Waals surface area contributed by atoms with Crippen LogP contribution in [0, 0.1) is 0 Å². The minimum Gasteiger partial charge on any atom is -0.486 e. The Morgan fingerprint density at radius 2 is 1.82 bits per heavy atom. The summed E-state index contributed by atoms with van der Waals surface area (Å²) in [5, 5.41) is 1.17. The van der Waals surface area contributed by atoms with Crippen molar-refractivity contribution in [2.45, 2.75) is 23.2 Å². The topological polar surface area (TPSA) is 71.6 Å². The third kappa shape index (κ3) is 2.77. The predicted octanol–water partition coefficient (Wildman–Crippen LogP) is 3.29. The van der Waals surface area contributed by atoms with Crippen LogP contribution in [0.15, 0.2) is 53.6 Å². The van der Waals surface area contributed by atoms with Crippen LogP contribution < -0.4 is 9.47 Å². The van der Waals surface area contributed by atoms with E-state index >= 15 is 0 Å². The van der Waals surface area contributed by atoms with Gasteiger partial charge in [0.2, 0.25) is 10.0 Å². The second-order valence-electron chi connectivity index (χ2n) is 7.59. The fraction of sp³-hybridized carbons (Fsp3) is 0.333. The fourth-order valence-corrected chi connectivity index (χ4v) is 5.32. The Balaban J connectivity index is 1.44. The lowest BCUT2D eigenvalue weighted by atomic mass is 9.95. The van der Waals surface area contributed by atoms with Crippen LogP contribution in [0.3, 0.4) is 0 Å². The summed E-state index contributed by atoms with van der Waals surface area (Å²) >= 11 is 0. The first-order chi connectivity index (χ1) is 13.5. The van der Waals surface area contributed by atoms with Gasteiger partial charge in [-0.1, -0.05) is 18.2 Å². The van der Waals surface area contributed by atoms with E-state index in [0.29, 0.717) is 31.3 Å². The molecule has 0 amide bonds. The second-order valence-corrected chi connectivity index (χ2v) is 9.64. The first kappa shape index (κ1) is 17.6. The van der Waals surface area contributed by atoms with Gasteiger partial charge in [-0.3, -0.25) is 0 Å². The maximum atomic E-state index is 13.2. The zero-order valence-electron chi connectivity index (χ0n) is 15.6. The van der Waals surface area contributed by atoms with Crippen molar-refractivity contribution in [1.29, 1.82) is 0 Å². The van der Waals surface area contributed by atoms with E-state index in [2.05, 4.69) is 11.1 Å². The van der Waals surface area contributed by atoms with Crippen LogP contribution in [0.2, 0.25) is 0 Å². The van der Waals surface area contributed by atoms with Crippen LogP contribution in [0.5, 0.6) is 11.5 Å². The Labute approximate surface area is 164 Å². The quantitative estimate of drug-likeness (QED) is 0.716. The predicted molar refractivity (Wildman–Crippen MR) is 106 cm³/mol. The number of ether oxygens (including phenoxy) is 2. The van der Waals surface area contributed by atoms with Gasteiger partial charge < -0.3 is 14.5 Å². The molecule has 0 spiro atoms. The molecule has 5 rings (SSSR count). The van der Waals surface area contributed by atoms with Crippen molar-refractivity contribution < 1.29 is 17.9 Å². The number of hydrogen-bond donors (Lipinski definition) is 1. The summed E-state index contributed by atoms with van der Waals surface area (Å²) < 4.78 is 38.9. The molecule has 146 valence electrons. The number of rotatable bonds is 5. The first-order valence-corrected chi connectivity index (χ1v) is 10.9. The normalized spacial score (nSPS) is 17.8. The summed E-state index contributed by atoms with van der Waals surface area (Å²) in [5.74, 6) is 1.07. The highest BCUT2D eigenvalue weighted by Gasteiger charge is 2.48. The molecule has 0 radical (unpaired) electrons. The monoisotopic (exact) mass is 398 g/mol. The molecule has 1 fully saturated rings. The number of aromatic amines is 1. The summed E-state index contributed by atoms with van der Waals surface area (Å²) in [5.41, 5.74) is 2.16. The standard InChI is InChI=1S/C21H22N2O4S/c1-23(28(24,25)15-6-7-19-20(12-15)27-11-10-26-19)14-21(8-9-21)17-13-22-18-5-3-2-4-16(17)18/h2-7,12-13,22H,8-11,14H2,1H3. The van der Waals surface area contributed by atoms with Gasteiger partial charge >= 0.3 is 0 Å². The Hall–Kier alpha value is -2.51. The van der Waals surface area contributed by atoms with E-state index in [0.717, 1.165) is 18.4 Å². The van der Waals surface area contributed by atoms with Crippen LogP contribution in [0.25, 0.3) is 10.9 Å². The summed E-state index contributed by atoms with van der Waals surface area (Å²) in [4.78, 5) is 3.54. The number of nitrogens with zero attached hydrogens (tertiary/aromatic N) is 1. The third-order valence-electron chi connectivity index (χ3n) is 5.76. The lowest BCUT2D eigenvalue weighted by Crippen LogP contribution is -2.34. The van der Waals surface area contributed by atoms with E-state index in [4.69, 9.17) is 9.47 Å². The van der Waals surface area contributed by atoms with Gasteiger partial charge in [-0.15, -0.1) is 0 Å². The molecule has 1 N–H and O–H groups in total. The van der Waals surface area contributed by atoms with Crippen molar-refractivity contribution in [2.24, 2.45) is 0 Å². The summed E-state index contributed by atoms with van der Waals surface area (Å²) in [6.45, 7) is 1.35. The summed E-state index contributed by atoms with van der Waals surface area (Å²) in [6, 6.07) is 13.0. The molecule has 0 saturated heterocycles. The van der Waals surface area contributed by atoms with Crippen molar-refractivity contribution in [3.05, 3.63) is 54.2 Å². The smallest absolute Gasteiger partial charge is 0.242 e. The SMILES string of the molecule is CN(CC1(c2c[nH]c3ccccc23)CC1)S(=O)(=O)c1ccc2c(c1)OCCO2. The Kier molecular flexibility index (Phi) is 3.93. The highest BCUT2D eigenvalue weighted by Crippen LogP contribution is 2.51. The minimum absolute atomic E-state index is 0.130. The average Bonchev–Trinajstić information content (AvgIpc) is 3.35. The van der Waals surface area contributed by atoms with Crippen molar-refractivity contribution in [2.75, 3.05) is 26.8 Å². The Bertz CT molecular complexity index is 1150. The molecule has 1 aliphatic carbocycles. The van der Waals surface area contributed by atoms with E-state index in [-0.39, 0.29) is 10.3 Å². The number of likely N-dealkylation sites (N-methyl/N-ethyl adjacent to an activating group) is 1. The molecule has 1 aromatic heterocycles. The van der Waals surface area contributed by atoms with Gasteiger partial charge in [0.15, 0.2) is 11.5 Å². The molecule has 2 aliphatic rings. The number of benzene rings is 2. The number of hydrogen-bond acceptors (Lipinski definition) is 4. The molecule has 0 unspecified atom stereocenters. The van der Waals surface area contributed by atoms with E-state index < -0.39 is 10.0 Å². The Morgan fingerprint density at radius 1 is 1.07 bits per heavy atom. The third-order valence-corrected chi connectivity index (χ3v) is 7.56. The molecule has 0 atom stereocenters. The average molecular weight is 398 g/mol. The van der Waals surface area contributed by atoms with Crippen LogP contribution >= 0.6 is 0 Å². The van der Waals surface area contributed by atoms with Gasteiger partial charge in [-0.2, -0.15) is 0 Å². The molecule has 1 saturated carbocycles. The molecule has 2 aromatic carbocycles. The number of H-pyrrole nitrogens is 1. The molecule has 1 aliphatic heterocycles. The molecule has 0 bridgehead atoms. The van der Waals surface area contributed by atoms with Crippen molar-refractivity contribution in [3.63, 3.8) is 0 Å². The number of aromatic nitrogens is 1. The molecule has 6 nitrogen and oxygen atoms in total. The van der Waals surface area contributed by atoms with E-state index in [1.807, 2.05) is 24.4 Å². The minimum atomic E-state index is -3.62. The van der Waals surface area contributed by atoms with E-state index in [1.54, 1.807) is 25.2 Å². The molecule has 28 heavy (non-hydrogen) atoms. The van der Waals surface area contributed by atoms with Crippen LogP contribution in [-0.4, -0.2) is 44.5 Å². The molecule has 2 heterocycles. The Morgan fingerprint density at radius 3 is 2.61 bits per heavy atom. The fourth-order valence-electron chi connectivity index (χ4n) is 4.05.